The molecule has 0 bridgehead atoms. The van der Waals surface area contributed by atoms with Gasteiger partial charge in [-0.3, -0.25) is 4.79 Å². The van der Waals surface area contributed by atoms with E-state index in [9.17, 15) is 9.90 Å². The number of carbonyl (C=O) groups is 1. The molecule has 0 spiro atoms. The van der Waals surface area contributed by atoms with Crippen molar-refractivity contribution in [1.29, 1.82) is 0 Å². The van der Waals surface area contributed by atoms with Crippen molar-refractivity contribution in [2.45, 2.75) is 102 Å². The lowest BCUT2D eigenvalue weighted by molar-refractivity contribution is -0.175. The van der Waals surface area contributed by atoms with Crippen LogP contribution in [0.2, 0.25) is 36.3 Å². The molecular weight excluding hydrogens is 378 g/mol. The molecule has 1 aliphatic rings. The zero-order chi connectivity index (χ0) is 21.4. The first-order valence-corrected chi connectivity index (χ1v) is 15.6. The van der Waals surface area contributed by atoms with Gasteiger partial charge < -0.3 is 18.8 Å². The van der Waals surface area contributed by atoms with E-state index in [0.717, 1.165) is 0 Å². The quantitative estimate of drug-likeness (QED) is 0.631. The Morgan fingerprint density at radius 3 is 1.96 bits per heavy atom. The van der Waals surface area contributed by atoms with Crippen LogP contribution < -0.4 is 0 Å². The van der Waals surface area contributed by atoms with Crippen LogP contribution in [0.4, 0.5) is 0 Å². The molecule has 0 aromatic rings. The van der Waals surface area contributed by atoms with E-state index >= 15 is 0 Å². The first kappa shape index (κ1) is 24.8. The molecule has 0 unspecified atom stereocenters. The van der Waals surface area contributed by atoms with E-state index in [0.29, 0.717) is 0 Å². The summed E-state index contributed by atoms with van der Waals surface area (Å²) in [5, 5.41) is 12.6. The van der Waals surface area contributed by atoms with E-state index in [1.54, 1.807) is 7.05 Å². The molecule has 0 radical (unpaired) electrons. The zero-order valence-electron chi connectivity index (χ0n) is 19.2. The molecular formula is C19H41NO5Si2. The maximum atomic E-state index is 11.8. The van der Waals surface area contributed by atoms with Gasteiger partial charge in [0.15, 0.2) is 16.6 Å². The van der Waals surface area contributed by atoms with Gasteiger partial charge in [0, 0.05) is 7.05 Å². The Hall–Kier alpha value is -0.256. The summed E-state index contributed by atoms with van der Waals surface area (Å²) in [6.45, 7) is 21.8. The minimum Gasteiger partial charge on any atom is -0.414 e. The maximum Gasteiger partial charge on any atom is 0.326 e. The first-order valence-electron chi connectivity index (χ1n) is 9.82. The Bertz CT molecular complexity index is 525. The van der Waals surface area contributed by atoms with E-state index in [1.165, 1.54) is 5.06 Å². The van der Waals surface area contributed by atoms with Gasteiger partial charge in [-0.2, -0.15) is 0 Å². The van der Waals surface area contributed by atoms with E-state index in [2.05, 4.69) is 67.7 Å². The summed E-state index contributed by atoms with van der Waals surface area (Å²) in [6.07, 6.45) is -1.14. The molecule has 0 amide bonds. The molecule has 27 heavy (non-hydrogen) atoms. The van der Waals surface area contributed by atoms with Crippen molar-refractivity contribution >= 4 is 22.6 Å². The van der Waals surface area contributed by atoms with Crippen molar-refractivity contribution in [3.63, 3.8) is 0 Å². The highest BCUT2D eigenvalue weighted by Gasteiger charge is 2.47. The van der Waals surface area contributed by atoms with Gasteiger partial charge in [0.05, 0.1) is 25.2 Å². The van der Waals surface area contributed by atoms with Crippen LogP contribution in [0.3, 0.4) is 0 Å². The van der Waals surface area contributed by atoms with Crippen molar-refractivity contribution < 1.29 is 23.6 Å². The number of likely N-dealkylation sites (N-methyl/N-ethyl adjacent to an activating group) is 1. The van der Waals surface area contributed by atoms with Gasteiger partial charge in [-0.15, -0.1) is 5.06 Å². The van der Waals surface area contributed by atoms with Crippen LogP contribution in [-0.4, -0.2) is 64.7 Å². The minimum absolute atomic E-state index is 0.00665. The summed E-state index contributed by atoms with van der Waals surface area (Å²) < 4.78 is 12.8. The zero-order valence-corrected chi connectivity index (χ0v) is 21.2. The van der Waals surface area contributed by atoms with Crippen LogP contribution in [0, 0.1) is 0 Å². The lowest BCUT2D eigenvalue weighted by atomic mass is 10.0. The average molecular weight is 420 g/mol. The largest absolute Gasteiger partial charge is 0.414 e. The lowest BCUT2D eigenvalue weighted by Crippen LogP contribution is -2.55. The van der Waals surface area contributed by atoms with Crippen LogP contribution in [0.25, 0.3) is 0 Å². The molecule has 160 valence electrons. The number of aliphatic hydroxyl groups excluding tert-OH is 1. The second-order valence-corrected chi connectivity index (χ2v) is 20.3. The van der Waals surface area contributed by atoms with E-state index in [1.807, 2.05) is 0 Å². The number of nitrogens with zero attached hydrogens (tertiary/aromatic N) is 1. The van der Waals surface area contributed by atoms with Crippen LogP contribution in [0.1, 0.15) is 48.0 Å². The minimum atomic E-state index is -2.16. The van der Waals surface area contributed by atoms with Gasteiger partial charge in [-0.1, -0.05) is 41.5 Å². The molecule has 0 aliphatic carbocycles. The fraction of sp³-hybridized carbons (Fsp3) is 0.947. The molecule has 1 N–H and O–H groups in total. The van der Waals surface area contributed by atoms with Crippen molar-refractivity contribution in [2.24, 2.45) is 0 Å². The highest BCUT2D eigenvalue weighted by atomic mass is 28.4. The van der Waals surface area contributed by atoms with Crippen LogP contribution in [0.5, 0.6) is 0 Å². The normalized spacial score (nSPS) is 22.7. The highest BCUT2D eigenvalue weighted by Crippen LogP contribution is 2.40. The summed E-state index contributed by atoms with van der Waals surface area (Å²) in [7, 11) is -2.43. The maximum absolute atomic E-state index is 11.8. The molecule has 1 fully saturated rings. The third-order valence-electron chi connectivity index (χ3n) is 6.51. The summed E-state index contributed by atoms with van der Waals surface area (Å²) >= 11 is 0. The summed E-state index contributed by atoms with van der Waals surface area (Å²) in [5.74, 6) is -0.288. The van der Waals surface area contributed by atoms with Crippen molar-refractivity contribution in [3.05, 3.63) is 0 Å². The first-order chi connectivity index (χ1) is 11.9. The number of rotatable bonds is 7. The Kier molecular flexibility index (Phi) is 7.56. The van der Waals surface area contributed by atoms with Crippen molar-refractivity contribution in [1.82, 2.24) is 5.06 Å². The van der Waals surface area contributed by atoms with Gasteiger partial charge >= 0.3 is 5.97 Å². The fourth-order valence-electron chi connectivity index (χ4n) is 2.42. The molecule has 3 atom stereocenters. The van der Waals surface area contributed by atoms with Crippen LogP contribution in [0.15, 0.2) is 0 Å². The van der Waals surface area contributed by atoms with E-state index in [-0.39, 0.29) is 35.1 Å². The molecule has 1 saturated heterocycles. The van der Waals surface area contributed by atoms with E-state index in [4.69, 9.17) is 13.7 Å². The van der Waals surface area contributed by atoms with Crippen LogP contribution in [-0.2, 0) is 18.5 Å². The van der Waals surface area contributed by atoms with Gasteiger partial charge in [0.1, 0.15) is 6.10 Å². The van der Waals surface area contributed by atoms with Gasteiger partial charge in [0.2, 0.25) is 0 Å². The monoisotopic (exact) mass is 419 g/mol. The van der Waals surface area contributed by atoms with Crippen LogP contribution >= 0.6 is 0 Å². The van der Waals surface area contributed by atoms with E-state index < -0.39 is 28.8 Å². The number of hydrogen-bond acceptors (Lipinski definition) is 6. The topological polar surface area (TPSA) is 68.2 Å². The molecule has 6 nitrogen and oxygen atoms in total. The van der Waals surface area contributed by atoms with Gasteiger partial charge in [0.25, 0.3) is 0 Å². The third kappa shape index (κ3) is 6.11. The molecule has 8 heteroatoms. The Morgan fingerprint density at radius 1 is 1.11 bits per heavy atom. The van der Waals surface area contributed by atoms with Gasteiger partial charge in [-0.05, 0) is 36.3 Å². The SMILES string of the molecule is CN1OC(=O)C[C@H]1[C@H](O[Si](C)(C)C(C)(C)C)[C@H](O)CO[Si](C)(C)C(C)(C)C. The second-order valence-electron chi connectivity index (χ2n) is 10.8. The molecule has 0 aromatic carbocycles. The highest BCUT2D eigenvalue weighted by molar-refractivity contribution is 6.74. The summed E-state index contributed by atoms with van der Waals surface area (Å²) in [4.78, 5) is 17.0. The number of hydrogen-bond donors (Lipinski definition) is 1. The summed E-state index contributed by atoms with van der Waals surface area (Å²) in [6, 6.07) is -0.315. The Labute approximate surface area is 167 Å². The smallest absolute Gasteiger partial charge is 0.326 e. The Balaban J connectivity index is 3.02. The molecule has 0 saturated carbocycles. The summed E-state index contributed by atoms with van der Waals surface area (Å²) in [5.41, 5.74) is 0. The molecule has 0 aromatic heterocycles. The molecule has 1 heterocycles. The lowest BCUT2D eigenvalue weighted by Gasteiger charge is -2.43. The van der Waals surface area contributed by atoms with Crippen molar-refractivity contribution in [2.75, 3.05) is 13.7 Å². The predicted molar refractivity (Wildman–Crippen MR) is 113 cm³/mol. The molecule has 1 rings (SSSR count). The average Bonchev–Trinajstić information content (AvgIpc) is 2.78. The third-order valence-corrected chi connectivity index (χ3v) is 15.5. The fourth-order valence-corrected chi connectivity index (χ4v) is 4.79. The standard InChI is InChI=1S/C19H41NO5Si2/c1-18(2,3)26(8,9)23-13-15(21)17(14-12-16(22)24-20(14)7)25-27(10,11)19(4,5)6/h14-15,17,21H,12-13H2,1-11H3/t14-,15+,17-/m0/s1. The number of aliphatic hydroxyl groups is 1. The van der Waals surface area contributed by atoms with Crippen molar-refractivity contribution in [3.8, 4) is 0 Å². The molecule has 1 aliphatic heterocycles. The predicted octanol–water partition coefficient (Wildman–Crippen LogP) is 3.92. The number of carbonyl (C=O) groups excluding carboxylic acids is 1. The number of hydroxylamine groups is 2. The van der Waals surface area contributed by atoms with Gasteiger partial charge in [-0.25, -0.2) is 0 Å². The second kappa shape index (κ2) is 8.24. The Morgan fingerprint density at radius 2 is 1.59 bits per heavy atom.